The molecule has 0 spiro atoms. The van der Waals surface area contributed by atoms with Crippen LogP contribution in [0.5, 0.6) is 5.75 Å². The largest absolute Gasteiger partial charge is 0.497 e. The van der Waals surface area contributed by atoms with Crippen molar-refractivity contribution in [1.82, 2.24) is 24.6 Å². The molecule has 2 amide bonds. The average molecular weight is 555 g/mol. The van der Waals surface area contributed by atoms with Crippen LogP contribution in [0.25, 0.3) is 10.3 Å². The van der Waals surface area contributed by atoms with E-state index in [1.54, 1.807) is 36.1 Å². The summed E-state index contributed by atoms with van der Waals surface area (Å²) in [7, 11) is 3.49. The molecule has 1 saturated carbocycles. The number of carbonyl (C=O) groups excluding carboxylic acids is 2. The summed E-state index contributed by atoms with van der Waals surface area (Å²) in [5.74, 6) is 0.299. The van der Waals surface area contributed by atoms with E-state index in [1.165, 1.54) is 17.8 Å². The van der Waals surface area contributed by atoms with Gasteiger partial charge in [-0.05, 0) is 57.9 Å². The van der Waals surface area contributed by atoms with E-state index in [1.807, 2.05) is 32.7 Å². The number of hydrogen-bond acceptors (Lipinski definition) is 8. The fourth-order valence-corrected chi connectivity index (χ4v) is 6.49. The van der Waals surface area contributed by atoms with Gasteiger partial charge in [-0.2, -0.15) is 10.1 Å². The number of hydrogen-bond donors (Lipinski definition) is 1. The summed E-state index contributed by atoms with van der Waals surface area (Å²) < 4.78 is 13.2. The van der Waals surface area contributed by atoms with Crippen molar-refractivity contribution in [2.75, 3.05) is 45.8 Å². The van der Waals surface area contributed by atoms with Crippen molar-refractivity contribution >= 4 is 38.6 Å². The van der Waals surface area contributed by atoms with Crippen LogP contribution >= 0.6 is 11.3 Å². The molecule has 1 aliphatic heterocycles. The number of methoxy groups -OCH3 is 1. The van der Waals surface area contributed by atoms with Gasteiger partial charge in [0.25, 0.3) is 11.8 Å². The number of nitrogens with zero attached hydrogens (tertiary/aromatic N) is 5. The first-order valence-corrected chi connectivity index (χ1v) is 14.4. The predicted octanol–water partition coefficient (Wildman–Crippen LogP) is 4.22. The number of thiazole rings is 1. The van der Waals surface area contributed by atoms with Crippen molar-refractivity contribution in [1.29, 1.82) is 0 Å². The van der Waals surface area contributed by atoms with Gasteiger partial charge >= 0.3 is 0 Å². The van der Waals surface area contributed by atoms with E-state index < -0.39 is 5.54 Å². The molecule has 10 nitrogen and oxygen atoms in total. The third-order valence-corrected chi connectivity index (χ3v) is 8.63. The lowest BCUT2D eigenvalue weighted by atomic mass is 9.87. The molecular weight excluding hydrogens is 516 g/mol. The molecular formula is C28H38N6O4S. The summed E-state index contributed by atoms with van der Waals surface area (Å²) in [5.41, 5.74) is 1.08. The van der Waals surface area contributed by atoms with Crippen LogP contribution in [0.1, 0.15) is 67.3 Å². The normalized spacial score (nSPS) is 20.6. The third-order valence-electron chi connectivity index (χ3n) is 7.66. The van der Waals surface area contributed by atoms with E-state index in [9.17, 15) is 9.59 Å². The second-order valence-corrected chi connectivity index (χ2v) is 12.3. The van der Waals surface area contributed by atoms with E-state index in [4.69, 9.17) is 19.6 Å². The van der Waals surface area contributed by atoms with Gasteiger partial charge in [0, 0.05) is 37.8 Å². The van der Waals surface area contributed by atoms with Gasteiger partial charge < -0.3 is 14.4 Å². The Morgan fingerprint density at radius 1 is 1.13 bits per heavy atom. The van der Waals surface area contributed by atoms with Crippen molar-refractivity contribution in [2.24, 2.45) is 0 Å². The molecule has 1 N–H and O–H groups in total. The Bertz CT molecular complexity index is 1320. The first-order valence-electron chi connectivity index (χ1n) is 13.6. The Kier molecular flexibility index (Phi) is 7.93. The molecule has 0 radical (unpaired) electrons. The van der Waals surface area contributed by atoms with E-state index in [0.29, 0.717) is 38.5 Å². The van der Waals surface area contributed by atoms with E-state index in [-0.39, 0.29) is 17.9 Å². The van der Waals surface area contributed by atoms with Gasteiger partial charge in [-0.3, -0.25) is 19.8 Å². The van der Waals surface area contributed by atoms with E-state index in [2.05, 4.69) is 10.2 Å². The number of carbonyl (C=O) groups is 2. The second kappa shape index (κ2) is 11.2. The molecule has 2 aliphatic rings. The summed E-state index contributed by atoms with van der Waals surface area (Å²) in [6.45, 7) is 9.37. The van der Waals surface area contributed by atoms with Crippen LogP contribution in [0.2, 0.25) is 0 Å². The Balaban J connectivity index is 1.43. The summed E-state index contributed by atoms with van der Waals surface area (Å²) in [6, 6.07) is 7.33. The Morgan fingerprint density at radius 2 is 1.82 bits per heavy atom. The van der Waals surface area contributed by atoms with Gasteiger partial charge in [0.2, 0.25) is 0 Å². The number of rotatable bonds is 6. The molecule has 3 heterocycles. The number of benzene rings is 1. The molecule has 2 fully saturated rings. The van der Waals surface area contributed by atoms with Crippen molar-refractivity contribution in [3.8, 4) is 5.75 Å². The molecule has 2 atom stereocenters. The van der Waals surface area contributed by atoms with Crippen molar-refractivity contribution in [3.63, 3.8) is 0 Å². The Labute approximate surface area is 233 Å². The zero-order valence-electron chi connectivity index (χ0n) is 23.4. The maximum atomic E-state index is 14.0. The molecule has 2 aromatic heterocycles. The summed E-state index contributed by atoms with van der Waals surface area (Å²) in [6.07, 6.45) is 4.34. The van der Waals surface area contributed by atoms with Crippen molar-refractivity contribution in [2.45, 2.75) is 64.1 Å². The number of fused-ring (bicyclic) bond motifs is 1. The van der Waals surface area contributed by atoms with Gasteiger partial charge in [0.05, 0.1) is 25.9 Å². The summed E-state index contributed by atoms with van der Waals surface area (Å²) in [5, 5.41) is 8.12. The highest BCUT2D eigenvalue weighted by atomic mass is 32.1. The number of nitrogens with one attached hydrogen (secondary N) is 1. The number of amides is 2. The second-order valence-electron chi connectivity index (χ2n) is 11.3. The number of aromatic nitrogens is 3. The minimum Gasteiger partial charge on any atom is -0.497 e. The summed E-state index contributed by atoms with van der Waals surface area (Å²) >= 11 is 1.29. The van der Waals surface area contributed by atoms with E-state index >= 15 is 0 Å². The first kappa shape index (κ1) is 27.5. The number of anilines is 1. The fraction of sp³-hybridized carbons (Fsp3) is 0.571. The summed E-state index contributed by atoms with van der Waals surface area (Å²) in [4.78, 5) is 36.0. The van der Waals surface area contributed by atoms with Crippen LogP contribution < -0.4 is 10.1 Å². The molecule has 0 bridgehead atoms. The third kappa shape index (κ3) is 5.66. The van der Waals surface area contributed by atoms with Gasteiger partial charge in [0.15, 0.2) is 16.5 Å². The Hall–Kier alpha value is -3.02. The fourth-order valence-electron chi connectivity index (χ4n) is 5.57. The minimum absolute atomic E-state index is 0.107. The molecule has 11 heteroatoms. The van der Waals surface area contributed by atoms with Crippen LogP contribution in [-0.4, -0.2) is 88.9 Å². The zero-order valence-corrected chi connectivity index (χ0v) is 24.2. The smallest absolute Gasteiger partial charge is 0.275 e. The minimum atomic E-state index is -0.401. The number of ether oxygens (including phenoxy) is 2. The maximum absolute atomic E-state index is 14.0. The standard InChI is InChI=1S/C28H38N6O4S/c1-28(2,3)34-24-23(39-27(29-24)30-25(35)18-10-12-19(37-5)13-11-18)22(31-34)26(36)32(4)20-8-6-7-9-21(20)33-14-16-38-17-15-33/h10-13,20-21H,6-9,14-17H2,1-5H3,(H,29,30,35)/t20-,21-/m1/s1. The van der Waals surface area contributed by atoms with Gasteiger partial charge in [-0.1, -0.05) is 24.2 Å². The van der Waals surface area contributed by atoms with Crippen LogP contribution in [0.15, 0.2) is 24.3 Å². The molecule has 5 rings (SSSR count). The van der Waals surface area contributed by atoms with E-state index in [0.717, 1.165) is 45.6 Å². The van der Waals surface area contributed by atoms with Gasteiger partial charge in [0.1, 0.15) is 10.4 Å². The molecule has 1 saturated heterocycles. The molecule has 0 unspecified atom stereocenters. The lowest BCUT2D eigenvalue weighted by Crippen LogP contribution is -2.56. The molecule has 39 heavy (non-hydrogen) atoms. The highest BCUT2D eigenvalue weighted by Gasteiger charge is 2.37. The first-order chi connectivity index (χ1) is 18.7. The highest BCUT2D eigenvalue weighted by Crippen LogP contribution is 2.34. The number of morpholine rings is 1. The predicted molar refractivity (Wildman–Crippen MR) is 152 cm³/mol. The van der Waals surface area contributed by atoms with Crippen molar-refractivity contribution < 1.29 is 19.1 Å². The van der Waals surface area contributed by atoms with Crippen LogP contribution in [0, 0.1) is 0 Å². The topological polar surface area (TPSA) is 102 Å². The molecule has 3 aromatic rings. The van der Waals surface area contributed by atoms with Crippen molar-refractivity contribution in [3.05, 3.63) is 35.5 Å². The van der Waals surface area contributed by atoms with Gasteiger partial charge in [-0.15, -0.1) is 0 Å². The van der Waals surface area contributed by atoms with Crippen LogP contribution in [0.4, 0.5) is 5.13 Å². The maximum Gasteiger partial charge on any atom is 0.275 e. The average Bonchev–Trinajstić information content (AvgIpc) is 3.51. The molecule has 1 aliphatic carbocycles. The Morgan fingerprint density at radius 3 is 2.49 bits per heavy atom. The lowest BCUT2D eigenvalue weighted by Gasteiger charge is -2.44. The zero-order chi connectivity index (χ0) is 27.7. The highest BCUT2D eigenvalue weighted by molar-refractivity contribution is 7.22. The monoisotopic (exact) mass is 554 g/mol. The van der Waals surface area contributed by atoms with Gasteiger partial charge in [-0.25, -0.2) is 4.68 Å². The van der Waals surface area contributed by atoms with Crippen LogP contribution in [-0.2, 0) is 10.3 Å². The lowest BCUT2D eigenvalue weighted by molar-refractivity contribution is -0.0148. The SMILES string of the molecule is COc1ccc(C(=O)Nc2nc3c(s2)c(C(=O)N(C)[C@@H]2CCCC[C@H]2N2CCOCC2)nn3C(C)(C)C)cc1. The molecule has 210 valence electrons. The molecule has 1 aromatic carbocycles. The van der Waals surface area contributed by atoms with Crippen LogP contribution in [0.3, 0.4) is 0 Å². The number of likely N-dealkylation sites (N-methyl/N-ethyl adjacent to an activating group) is 1. The quantitative estimate of drug-likeness (QED) is 0.487.